The first kappa shape index (κ1) is 18.1. The highest BCUT2D eigenvalue weighted by Crippen LogP contribution is 2.35. The number of hydrogen-bond acceptors (Lipinski definition) is 3. The lowest BCUT2D eigenvalue weighted by Gasteiger charge is -2.09. The normalized spacial score (nSPS) is 14.8. The molecule has 0 aromatic heterocycles. The Kier molecular flexibility index (Phi) is 7.73. The molecule has 0 N–H and O–H groups in total. The molecule has 23 heavy (non-hydrogen) atoms. The standard InChI is InChI=1S/C20H28O2S/c1-3-5-6-7-8-19(20(21)22-4-2)17-11-13-18(14-12-17)23-15-16-9-10-16/h8,11-14,16H,3-7,9-10,15H2,1-2H3. The van der Waals surface area contributed by atoms with Gasteiger partial charge in [-0.3, -0.25) is 0 Å². The Morgan fingerprint density at radius 2 is 1.96 bits per heavy atom. The number of benzene rings is 1. The SMILES string of the molecule is CCCCCC=C(C(=O)OCC)c1ccc(SCC2CC2)cc1. The Hall–Kier alpha value is -1.22. The van der Waals surface area contributed by atoms with Crippen LogP contribution in [0.25, 0.3) is 5.57 Å². The van der Waals surface area contributed by atoms with Crippen LogP contribution in [0.5, 0.6) is 0 Å². The van der Waals surface area contributed by atoms with Gasteiger partial charge in [0.25, 0.3) is 0 Å². The van der Waals surface area contributed by atoms with Crippen molar-refractivity contribution in [2.75, 3.05) is 12.4 Å². The number of carbonyl (C=O) groups is 1. The van der Waals surface area contributed by atoms with Crippen LogP contribution in [-0.2, 0) is 9.53 Å². The first-order chi connectivity index (χ1) is 11.2. The number of unbranched alkanes of at least 4 members (excludes halogenated alkanes) is 3. The largest absolute Gasteiger partial charge is 0.462 e. The molecule has 0 radical (unpaired) electrons. The third-order valence-electron chi connectivity index (χ3n) is 4.00. The molecule has 126 valence electrons. The van der Waals surface area contributed by atoms with E-state index in [0.29, 0.717) is 12.2 Å². The van der Waals surface area contributed by atoms with Crippen LogP contribution >= 0.6 is 11.8 Å². The molecule has 0 amide bonds. The Labute approximate surface area is 144 Å². The first-order valence-electron chi connectivity index (χ1n) is 8.85. The lowest BCUT2D eigenvalue weighted by atomic mass is 10.0. The van der Waals surface area contributed by atoms with E-state index in [-0.39, 0.29) is 5.97 Å². The fourth-order valence-corrected chi connectivity index (χ4v) is 3.49. The van der Waals surface area contributed by atoms with Crippen LogP contribution in [0.2, 0.25) is 0 Å². The predicted octanol–water partition coefficient (Wildman–Crippen LogP) is 5.72. The summed E-state index contributed by atoms with van der Waals surface area (Å²) in [6.07, 6.45) is 9.25. The zero-order valence-electron chi connectivity index (χ0n) is 14.3. The summed E-state index contributed by atoms with van der Waals surface area (Å²) < 4.78 is 5.22. The zero-order valence-corrected chi connectivity index (χ0v) is 15.2. The van der Waals surface area contributed by atoms with Crippen molar-refractivity contribution in [3.8, 4) is 0 Å². The van der Waals surface area contributed by atoms with Gasteiger partial charge in [-0.2, -0.15) is 0 Å². The number of thioether (sulfide) groups is 1. The fourth-order valence-electron chi connectivity index (χ4n) is 2.40. The molecule has 0 atom stereocenters. The van der Waals surface area contributed by atoms with Gasteiger partial charge in [0.2, 0.25) is 0 Å². The molecule has 3 heteroatoms. The average molecular weight is 333 g/mol. The summed E-state index contributed by atoms with van der Waals surface area (Å²) in [5.74, 6) is 1.94. The lowest BCUT2D eigenvalue weighted by Crippen LogP contribution is -2.07. The smallest absolute Gasteiger partial charge is 0.338 e. The minimum atomic E-state index is -0.206. The zero-order chi connectivity index (χ0) is 16.5. The monoisotopic (exact) mass is 332 g/mol. The van der Waals surface area contributed by atoms with Crippen LogP contribution in [-0.4, -0.2) is 18.3 Å². The van der Waals surface area contributed by atoms with Crippen LogP contribution in [0.3, 0.4) is 0 Å². The number of allylic oxidation sites excluding steroid dienone is 1. The minimum Gasteiger partial charge on any atom is -0.462 e. The Balaban J connectivity index is 2.01. The maximum atomic E-state index is 12.2. The maximum Gasteiger partial charge on any atom is 0.338 e. The summed E-state index contributed by atoms with van der Waals surface area (Å²) in [7, 11) is 0. The van der Waals surface area contributed by atoms with Crippen molar-refractivity contribution >= 4 is 23.3 Å². The van der Waals surface area contributed by atoms with Gasteiger partial charge in [0.05, 0.1) is 12.2 Å². The van der Waals surface area contributed by atoms with Gasteiger partial charge < -0.3 is 4.74 Å². The Morgan fingerprint density at radius 1 is 1.22 bits per heavy atom. The molecule has 0 spiro atoms. The molecule has 1 aliphatic rings. The van der Waals surface area contributed by atoms with E-state index >= 15 is 0 Å². The molecule has 2 nitrogen and oxygen atoms in total. The summed E-state index contributed by atoms with van der Waals surface area (Å²) in [4.78, 5) is 13.5. The van der Waals surface area contributed by atoms with Crippen LogP contribution in [0.1, 0.15) is 57.9 Å². The van der Waals surface area contributed by atoms with Gasteiger partial charge in [-0.25, -0.2) is 4.79 Å². The first-order valence-corrected chi connectivity index (χ1v) is 9.83. The molecule has 0 bridgehead atoms. The van der Waals surface area contributed by atoms with Gasteiger partial charge in [0.15, 0.2) is 0 Å². The number of rotatable bonds is 10. The van der Waals surface area contributed by atoms with Crippen molar-refractivity contribution in [3.63, 3.8) is 0 Å². The van der Waals surface area contributed by atoms with Gasteiger partial charge >= 0.3 is 5.97 Å². The number of hydrogen-bond donors (Lipinski definition) is 0. The highest BCUT2D eigenvalue weighted by Gasteiger charge is 2.21. The number of ether oxygens (including phenoxy) is 1. The van der Waals surface area contributed by atoms with Crippen molar-refractivity contribution in [1.29, 1.82) is 0 Å². The second-order valence-corrected chi connectivity index (χ2v) is 7.21. The predicted molar refractivity (Wildman–Crippen MR) is 98.6 cm³/mol. The van der Waals surface area contributed by atoms with Gasteiger partial charge in [-0.1, -0.05) is 38.0 Å². The topological polar surface area (TPSA) is 26.3 Å². The minimum absolute atomic E-state index is 0.206. The molecule has 1 aliphatic carbocycles. The molecule has 1 fully saturated rings. The number of esters is 1. The third kappa shape index (κ3) is 6.42. The molecule has 0 aliphatic heterocycles. The van der Waals surface area contributed by atoms with E-state index in [2.05, 4.69) is 31.2 Å². The highest BCUT2D eigenvalue weighted by molar-refractivity contribution is 7.99. The number of carbonyl (C=O) groups excluding carboxylic acids is 1. The quantitative estimate of drug-likeness (QED) is 0.237. The highest BCUT2D eigenvalue weighted by atomic mass is 32.2. The van der Waals surface area contributed by atoms with Gasteiger partial charge in [-0.05, 0) is 56.2 Å². The van der Waals surface area contributed by atoms with Crippen LogP contribution in [0.4, 0.5) is 0 Å². The molecular formula is C20H28O2S. The van der Waals surface area contributed by atoms with Crippen LogP contribution in [0, 0.1) is 5.92 Å². The second kappa shape index (κ2) is 9.82. The van der Waals surface area contributed by atoms with Crippen LogP contribution < -0.4 is 0 Å². The second-order valence-electron chi connectivity index (χ2n) is 6.11. The molecular weight excluding hydrogens is 304 g/mol. The van der Waals surface area contributed by atoms with Crippen molar-refractivity contribution < 1.29 is 9.53 Å². The molecule has 1 aromatic rings. The van der Waals surface area contributed by atoms with Crippen molar-refractivity contribution in [3.05, 3.63) is 35.9 Å². The molecule has 0 unspecified atom stereocenters. The van der Waals surface area contributed by atoms with Crippen molar-refractivity contribution in [2.24, 2.45) is 5.92 Å². The van der Waals surface area contributed by atoms with Gasteiger partial charge in [0.1, 0.15) is 0 Å². The van der Waals surface area contributed by atoms with E-state index in [1.54, 1.807) is 0 Å². The van der Waals surface area contributed by atoms with E-state index in [0.717, 1.165) is 24.3 Å². The Morgan fingerprint density at radius 3 is 2.57 bits per heavy atom. The van der Waals surface area contributed by atoms with E-state index in [9.17, 15) is 4.79 Å². The summed E-state index contributed by atoms with van der Waals surface area (Å²) in [6.45, 7) is 4.46. The molecule has 1 saturated carbocycles. The van der Waals surface area contributed by atoms with E-state index in [1.165, 1.54) is 36.3 Å². The van der Waals surface area contributed by atoms with Crippen LogP contribution in [0.15, 0.2) is 35.2 Å². The molecule has 1 aromatic carbocycles. The van der Waals surface area contributed by atoms with Gasteiger partial charge in [0, 0.05) is 10.6 Å². The summed E-state index contributed by atoms with van der Waals surface area (Å²) >= 11 is 1.92. The lowest BCUT2D eigenvalue weighted by molar-refractivity contribution is -0.136. The van der Waals surface area contributed by atoms with E-state index in [4.69, 9.17) is 4.74 Å². The summed E-state index contributed by atoms with van der Waals surface area (Å²) in [6, 6.07) is 8.36. The van der Waals surface area contributed by atoms with Crippen molar-refractivity contribution in [2.45, 2.75) is 57.3 Å². The third-order valence-corrected chi connectivity index (χ3v) is 5.24. The van der Waals surface area contributed by atoms with E-state index < -0.39 is 0 Å². The fraction of sp³-hybridized carbons (Fsp3) is 0.550. The Bertz CT molecular complexity index is 515. The molecule has 0 saturated heterocycles. The van der Waals surface area contributed by atoms with Crippen molar-refractivity contribution in [1.82, 2.24) is 0 Å². The maximum absolute atomic E-state index is 12.2. The van der Waals surface area contributed by atoms with Gasteiger partial charge in [-0.15, -0.1) is 11.8 Å². The summed E-state index contributed by atoms with van der Waals surface area (Å²) in [5.41, 5.74) is 1.68. The molecule has 2 rings (SSSR count). The average Bonchev–Trinajstić information content (AvgIpc) is 3.38. The molecule has 0 heterocycles. The summed E-state index contributed by atoms with van der Waals surface area (Å²) in [5, 5.41) is 0. The van der Waals surface area contributed by atoms with E-state index in [1.807, 2.05) is 24.8 Å².